The minimum absolute atomic E-state index is 0. The first kappa shape index (κ1) is 29.3. The van der Waals surface area contributed by atoms with E-state index in [4.69, 9.17) is 18.6 Å². The summed E-state index contributed by atoms with van der Waals surface area (Å²) in [5, 5.41) is 15.3. The first-order valence-electron chi connectivity index (χ1n) is 13.4. The number of hydrogen-bond acceptors (Lipinski definition) is 10. The Balaban J connectivity index is 0.00000329. The van der Waals surface area contributed by atoms with Crippen molar-refractivity contribution in [3.63, 3.8) is 0 Å². The fraction of sp³-hybridized carbons (Fsp3) is 0.194. The summed E-state index contributed by atoms with van der Waals surface area (Å²) < 4.78 is 22.1. The van der Waals surface area contributed by atoms with Gasteiger partial charge in [0.05, 0.1) is 16.6 Å². The molecule has 3 aromatic carbocycles. The summed E-state index contributed by atoms with van der Waals surface area (Å²) in [6.07, 6.45) is 1.35. The molecule has 11 nitrogen and oxygen atoms in total. The molecule has 0 aliphatic heterocycles. The van der Waals surface area contributed by atoms with E-state index in [9.17, 15) is 14.7 Å². The molecule has 0 atom stereocenters. The van der Waals surface area contributed by atoms with Crippen LogP contribution in [0.3, 0.4) is 0 Å². The van der Waals surface area contributed by atoms with Crippen LogP contribution in [0, 0.1) is 6.92 Å². The molecule has 0 unspecified atom stereocenters. The van der Waals surface area contributed by atoms with E-state index in [1.165, 1.54) is 0 Å². The van der Waals surface area contributed by atoms with Gasteiger partial charge in [-0.25, -0.2) is 19.6 Å². The van der Waals surface area contributed by atoms with E-state index in [0.29, 0.717) is 34.6 Å². The number of carbonyl (C=O) groups is 1. The number of ether oxygens (including phenoxy) is 1. The van der Waals surface area contributed by atoms with E-state index in [1.54, 1.807) is 19.1 Å². The van der Waals surface area contributed by atoms with Gasteiger partial charge in [0.15, 0.2) is 30.0 Å². The molecule has 43 heavy (non-hydrogen) atoms. The van der Waals surface area contributed by atoms with Crippen LogP contribution in [-0.2, 0) is 17.9 Å². The van der Waals surface area contributed by atoms with Crippen molar-refractivity contribution in [3.8, 4) is 28.6 Å². The maximum atomic E-state index is 13.3. The molecule has 0 saturated heterocycles. The van der Waals surface area contributed by atoms with E-state index in [0.717, 1.165) is 35.4 Å². The van der Waals surface area contributed by atoms with Crippen molar-refractivity contribution >= 4 is 17.0 Å². The van der Waals surface area contributed by atoms with Crippen molar-refractivity contribution in [2.75, 3.05) is 0 Å². The molecule has 1 fully saturated rings. The molecule has 12 heteroatoms. The van der Waals surface area contributed by atoms with Gasteiger partial charge in [-0.3, -0.25) is 0 Å². The number of hydrogen-bond donors (Lipinski definition) is 0. The van der Waals surface area contributed by atoms with Gasteiger partial charge in [0.1, 0.15) is 5.82 Å². The smallest absolute Gasteiger partial charge is 0.528 e. The van der Waals surface area contributed by atoms with Crippen molar-refractivity contribution in [1.29, 1.82) is 0 Å². The summed E-state index contributed by atoms with van der Waals surface area (Å²) in [4.78, 5) is 33.4. The number of rotatable bonds is 8. The Kier molecular flexibility index (Phi) is 8.20. The molecule has 1 aliphatic rings. The van der Waals surface area contributed by atoms with Gasteiger partial charge in [0.2, 0.25) is 0 Å². The van der Waals surface area contributed by atoms with Gasteiger partial charge < -0.3 is 27.8 Å². The summed E-state index contributed by atoms with van der Waals surface area (Å²) in [7, 11) is 0. The zero-order chi connectivity index (χ0) is 28.8. The number of nitrogens with zero attached hydrogens (tertiary/aromatic N) is 4. The van der Waals surface area contributed by atoms with Crippen LogP contribution >= 0.6 is 0 Å². The fourth-order valence-corrected chi connectivity index (χ4v) is 5.12. The Hall–Kier alpha value is -3.81. The predicted molar refractivity (Wildman–Crippen MR) is 147 cm³/mol. The average Bonchev–Trinajstić information content (AvgIpc) is 3.52. The molecule has 3 heterocycles. The molecule has 0 spiro atoms. The first-order chi connectivity index (χ1) is 20.4. The third-order valence-electron chi connectivity index (χ3n) is 7.31. The number of carbonyl (C=O) groups excluding carboxylic acids is 1. The summed E-state index contributed by atoms with van der Waals surface area (Å²) in [6.45, 7) is 1.84. The molecule has 1 saturated carbocycles. The molecule has 6 aromatic rings. The van der Waals surface area contributed by atoms with Gasteiger partial charge in [-0.1, -0.05) is 54.6 Å². The van der Waals surface area contributed by atoms with Crippen molar-refractivity contribution < 1.29 is 79.4 Å². The molecule has 0 amide bonds. The van der Waals surface area contributed by atoms with Gasteiger partial charge in [-0.05, 0) is 48.6 Å². The molecule has 0 bridgehead atoms. The van der Waals surface area contributed by atoms with Crippen LogP contribution in [0.25, 0.3) is 33.5 Å². The van der Waals surface area contributed by atoms with E-state index >= 15 is 0 Å². The standard InChI is InChI=1S/C31H24N4O7.K/c1-17-25(41-31(38)40-17)16-39-29(36)23-7-4-8-24-26(23)35(28(32-24)20-13-14-20)15-18-9-11-19(12-10-18)21-5-2-3-6-22(21)27-33-30(37)42-34-27;/h2-12,20H,13-16H2,1H3,(H,33,34,37);/q;+1/p-1. The number of esters is 1. The number of imidazole rings is 1. The Morgan fingerprint density at radius 1 is 1.00 bits per heavy atom. The number of benzene rings is 3. The Labute approximate surface area is 286 Å². The zero-order valence-corrected chi connectivity index (χ0v) is 26.5. The molecule has 210 valence electrons. The van der Waals surface area contributed by atoms with Crippen LogP contribution in [0.4, 0.5) is 0 Å². The zero-order valence-electron chi connectivity index (χ0n) is 23.4. The third-order valence-corrected chi connectivity index (χ3v) is 7.31. The molecule has 3 aromatic heterocycles. The molecular formula is C31H23KN4O7. The Morgan fingerprint density at radius 2 is 1.77 bits per heavy atom. The fourth-order valence-electron chi connectivity index (χ4n) is 5.12. The third kappa shape index (κ3) is 5.88. The number of aromatic nitrogens is 4. The second kappa shape index (κ2) is 12.1. The van der Waals surface area contributed by atoms with E-state index < -0.39 is 17.9 Å². The number of para-hydroxylation sites is 1. The second-order valence-electron chi connectivity index (χ2n) is 10.1. The topological polar surface area (TPSA) is 149 Å². The van der Waals surface area contributed by atoms with Crippen molar-refractivity contribution in [2.24, 2.45) is 0 Å². The van der Waals surface area contributed by atoms with Gasteiger partial charge in [0.25, 0.3) is 0 Å². The molecule has 0 radical (unpaired) electrons. The molecule has 1 aliphatic carbocycles. The minimum atomic E-state index is -0.839. The average molecular weight is 603 g/mol. The monoisotopic (exact) mass is 602 g/mol. The SMILES string of the molecule is Cc1oc(=O)oc1COC(=O)c1cccc2nc(C3CC3)n(Cc3ccc(-c4ccccc4-c4noc([O-])n4)cc3)c12.[K+]. The second-order valence-corrected chi connectivity index (χ2v) is 10.1. The van der Waals surface area contributed by atoms with E-state index in [-0.39, 0.29) is 75.3 Å². The Bertz CT molecular complexity index is 2000. The normalized spacial score (nSPS) is 12.8. The predicted octanol–water partition coefficient (Wildman–Crippen LogP) is 1.97. The maximum Gasteiger partial charge on any atom is 1.00 e. The Morgan fingerprint density at radius 3 is 2.44 bits per heavy atom. The largest absolute Gasteiger partial charge is 1.00 e. The van der Waals surface area contributed by atoms with Crippen LogP contribution in [0.1, 0.15) is 52.0 Å². The summed E-state index contributed by atoms with van der Waals surface area (Å²) in [5.41, 5.74) is 5.27. The van der Waals surface area contributed by atoms with Crippen molar-refractivity contribution in [3.05, 3.63) is 106 Å². The van der Waals surface area contributed by atoms with Crippen LogP contribution in [-0.4, -0.2) is 25.7 Å². The van der Waals surface area contributed by atoms with E-state index in [2.05, 4.69) is 19.2 Å². The number of fused-ring (bicyclic) bond motifs is 1. The first-order valence-corrected chi connectivity index (χ1v) is 13.4. The molecule has 7 rings (SSSR count). The maximum absolute atomic E-state index is 13.3. The van der Waals surface area contributed by atoms with Gasteiger partial charge in [0, 0.05) is 18.0 Å². The number of aryl methyl sites for hydroxylation is 1. The van der Waals surface area contributed by atoms with Gasteiger partial charge in [-0.2, -0.15) is 5.16 Å². The van der Waals surface area contributed by atoms with Gasteiger partial charge in [-0.15, -0.1) is 0 Å². The summed E-state index contributed by atoms with van der Waals surface area (Å²) in [6, 6.07) is 21.0. The summed E-state index contributed by atoms with van der Waals surface area (Å²) >= 11 is 0. The van der Waals surface area contributed by atoms with Crippen LogP contribution in [0.5, 0.6) is 6.08 Å². The summed E-state index contributed by atoms with van der Waals surface area (Å²) in [5.74, 6) is 0.546. The van der Waals surface area contributed by atoms with Crippen LogP contribution in [0.2, 0.25) is 0 Å². The van der Waals surface area contributed by atoms with Crippen molar-refractivity contribution in [1.82, 2.24) is 19.7 Å². The quantitative estimate of drug-likeness (QED) is 0.187. The van der Waals surface area contributed by atoms with Crippen LogP contribution in [0.15, 0.2) is 84.9 Å². The molecule has 0 N–H and O–H groups in total. The minimum Gasteiger partial charge on any atom is -0.528 e. The van der Waals surface area contributed by atoms with Crippen LogP contribution < -0.4 is 62.3 Å². The van der Waals surface area contributed by atoms with E-state index in [1.807, 2.05) is 54.6 Å². The van der Waals surface area contributed by atoms with Crippen molar-refractivity contribution in [2.45, 2.75) is 38.8 Å². The molecular weight excluding hydrogens is 579 g/mol. The van der Waals surface area contributed by atoms with Gasteiger partial charge >= 0.3 is 63.2 Å².